The van der Waals surface area contributed by atoms with Crippen molar-refractivity contribution in [1.82, 2.24) is 4.98 Å². The van der Waals surface area contributed by atoms with Crippen molar-refractivity contribution in [3.05, 3.63) is 78.5 Å². The third kappa shape index (κ3) is 1.71. The predicted octanol–water partition coefficient (Wildman–Crippen LogP) is 6.00. The summed E-state index contributed by atoms with van der Waals surface area (Å²) in [6.45, 7) is 2.18. The van der Waals surface area contributed by atoms with E-state index in [1.165, 1.54) is 43.3 Å². The first kappa shape index (κ1) is 12.6. The minimum absolute atomic E-state index is 1.06. The Morgan fingerprint density at radius 2 is 1.39 bits per heavy atom. The van der Waals surface area contributed by atoms with Crippen LogP contribution < -0.4 is 0 Å². The lowest BCUT2D eigenvalue weighted by molar-refractivity contribution is 1.44. The Labute approximate surface area is 134 Å². The summed E-state index contributed by atoms with van der Waals surface area (Å²) in [5.41, 5.74) is 2.36. The van der Waals surface area contributed by atoms with Crippen molar-refractivity contribution in [2.45, 2.75) is 6.92 Å². The maximum atomic E-state index is 4.71. The number of aryl methyl sites for hydroxylation is 1. The van der Waals surface area contributed by atoms with Crippen LogP contribution in [-0.4, -0.2) is 4.98 Å². The smallest absolute Gasteiger partial charge is 0.0715 e. The molecule has 0 bridgehead atoms. The fraction of sp³-hybridized carbons (Fsp3) is 0.0455. The van der Waals surface area contributed by atoms with Crippen LogP contribution in [0.3, 0.4) is 0 Å². The lowest BCUT2D eigenvalue weighted by Gasteiger charge is -2.12. The molecule has 0 fully saturated rings. The molecule has 0 aliphatic carbocycles. The molecule has 0 amide bonds. The Kier molecular flexibility index (Phi) is 2.48. The van der Waals surface area contributed by atoms with Gasteiger partial charge in [-0.1, -0.05) is 54.6 Å². The molecule has 1 aromatic heterocycles. The Morgan fingerprint density at radius 1 is 0.652 bits per heavy atom. The Morgan fingerprint density at radius 3 is 2.26 bits per heavy atom. The van der Waals surface area contributed by atoms with Gasteiger partial charge < -0.3 is 0 Å². The van der Waals surface area contributed by atoms with Gasteiger partial charge in [-0.05, 0) is 46.2 Å². The fourth-order valence-electron chi connectivity index (χ4n) is 3.73. The van der Waals surface area contributed by atoms with Crippen molar-refractivity contribution in [3.63, 3.8) is 0 Å². The van der Waals surface area contributed by atoms with Crippen molar-refractivity contribution in [1.29, 1.82) is 0 Å². The SMILES string of the molecule is Cc1cc2cnc3ccc4ccccc4c3c2c2ccccc12. The number of aromatic nitrogens is 1. The molecule has 1 heterocycles. The Hall–Kier alpha value is -2.93. The number of fused-ring (bicyclic) bond motifs is 7. The molecule has 1 nitrogen and oxygen atoms in total. The van der Waals surface area contributed by atoms with Crippen LogP contribution in [0.5, 0.6) is 0 Å². The van der Waals surface area contributed by atoms with E-state index < -0.39 is 0 Å². The molecule has 1 heteroatoms. The van der Waals surface area contributed by atoms with Crippen molar-refractivity contribution < 1.29 is 0 Å². The normalized spacial score (nSPS) is 11.7. The van der Waals surface area contributed by atoms with E-state index in [9.17, 15) is 0 Å². The van der Waals surface area contributed by atoms with Gasteiger partial charge in [0.05, 0.1) is 5.52 Å². The van der Waals surface area contributed by atoms with Crippen LogP contribution in [0.15, 0.2) is 72.9 Å². The maximum absolute atomic E-state index is 4.71. The highest BCUT2D eigenvalue weighted by atomic mass is 14.6. The van der Waals surface area contributed by atoms with E-state index in [0.717, 1.165) is 5.52 Å². The highest BCUT2D eigenvalue weighted by molar-refractivity contribution is 6.26. The minimum atomic E-state index is 1.06. The summed E-state index contributed by atoms with van der Waals surface area (Å²) in [7, 11) is 0. The minimum Gasteiger partial charge on any atom is -0.256 e. The molecule has 108 valence electrons. The molecule has 4 aromatic carbocycles. The van der Waals surface area contributed by atoms with Crippen LogP contribution in [0.1, 0.15) is 5.56 Å². The second-order valence-corrected chi connectivity index (χ2v) is 6.14. The standard InChI is InChI=1S/C22H15N/c1-14-12-16-13-23-20-11-10-15-6-2-3-8-18(15)22(20)21(16)19-9-5-4-7-17(14)19/h2-13H,1H3. The van der Waals surface area contributed by atoms with E-state index in [2.05, 4.69) is 73.7 Å². The molecule has 0 unspecified atom stereocenters. The summed E-state index contributed by atoms with van der Waals surface area (Å²) in [5, 5.41) is 8.96. The van der Waals surface area contributed by atoms with Gasteiger partial charge in [0.1, 0.15) is 0 Å². The lowest BCUT2D eigenvalue weighted by Crippen LogP contribution is -1.88. The molecule has 5 aromatic rings. The van der Waals surface area contributed by atoms with E-state index >= 15 is 0 Å². The number of hydrogen-bond acceptors (Lipinski definition) is 1. The van der Waals surface area contributed by atoms with Crippen LogP contribution in [0, 0.1) is 6.92 Å². The third-order valence-electron chi connectivity index (χ3n) is 4.78. The summed E-state index contributed by atoms with van der Waals surface area (Å²) >= 11 is 0. The molecule has 0 aliphatic heterocycles. The summed E-state index contributed by atoms with van der Waals surface area (Å²) in [5.74, 6) is 0. The van der Waals surface area contributed by atoms with Crippen molar-refractivity contribution in [2.24, 2.45) is 0 Å². The molecular weight excluding hydrogens is 278 g/mol. The molecular formula is C22H15N. The number of hydrogen-bond donors (Lipinski definition) is 0. The zero-order chi connectivity index (χ0) is 15.4. The summed E-state index contributed by atoms with van der Waals surface area (Å²) in [4.78, 5) is 4.71. The molecule has 0 N–H and O–H groups in total. The third-order valence-corrected chi connectivity index (χ3v) is 4.78. The number of nitrogens with zero attached hydrogens (tertiary/aromatic N) is 1. The molecule has 5 rings (SSSR count). The molecule has 23 heavy (non-hydrogen) atoms. The first-order valence-corrected chi connectivity index (χ1v) is 7.91. The largest absolute Gasteiger partial charge is 0.256 e. The van der Waals surface area contributed by atoms with Gasteiger partial charge in [0.2, 0.25) is 0 Å². The van der Waals surface area contributed by atoms with Crippen LogP contribution in [0.25, 0.3) is 43.2 Å². The number of benzene rings is 4. The second kappa shape index (κ2) is 4.53. The zero-order valence-corrected chi connectivity index (χ0v) is 12.9. The van der Waals surface area contributed by atoms with Gasteiger partial charge in [-0.25, -0.2) is 0 Å². The van der Waals surface area contributed by atoms with E-state index in [4.69, 9.17) is 4.98 Å². The van der Waals surface area contributed by atoms with Gasteiger partial charge in [0.25, 0.3) is 0 Å². The van der Waals surface area contributed by atoms with Crippen LogP contribution in [0.2, 0.25) is 0 Å². The molecule has 0 atom stereocenters. The molecule has 0 radical (unpaired) electrons. The predicted molar refractivity (Wildman–Crippen MR) is 99.0 cm³/mol. The highest BCUT2D eigenvalue weighted by Crippen LogP contribution is 2.36. The summed E-state index contributed by atoms with van der Waals surface area (Å²) < 4.78 is 0. The van der Waals surface area contributed by atoms with Crippen molar-refractivity contribution in [3.8, 4) is 0 Å². The van der Waals surface area contributed by atoms with E-state index in [1.807, 2.05) is 6.20 Å². The van der Waals surface area contributed by atoms with E-state index in [1.54, 1.807) is 0 Å². The quantitative estimate of drug-likeness (QED) is 0.319. The monoisotopic (exact) mass is 293 g/mol. The average molecular weight is 293 g/mol. The summed E-state index contributed by atoms with van der Waals surface area (Å²) in [6.07, 6.45) is 2.01. The summed E-state index contributed by atoms with van der Waals surface area (Å²) in [6, 6.07) is 23.8. The molecule has 0 spiro atoms. The topological polar surface area (TPSA) is 12.9 Å². The molecule has 0 saturated heterocycles. The first-order chi connectivity index (χ1) is 11.3. The molecule has 0 aliphatic rings. The Balaban J connectivity index is 2.19. The number of rotatable bonds is 0. The van der Waals surface area contributed by atoms with Gasteiger partial charge in [-0.2, -0.15) is 0 Å². The maximum Gasteiger partial charge on any atom is 0.0715 e. The lowest BCUT2D eigenvalue weighted by atomic mass is 9.94. The fourth-order valence-corrected chi connectivity index (χ4v) is 3.73. The van der Waals surface area contributed by atoms with Gasteiger partial charge in [-0.15, -0.1) is 0 Å². The Bertz CT molecular complexity index is 1220. The van der Waals surface area contributed by atoms with Gasteiger partial charge in [0, 0.05) is 22.4 Å². The second-order valence-electron chi connectivity index (χ2n) is 6.14. The van der Waals surface area contributed by atoms with Gasteiger partial charge in [0.15, 0.2) is 0 Å². The van der Waals surface area contributed by atoms with Crippen molar-refractivity contribution in [2.75, 3.05) is 0 Å². The number of pyridine rings is 1. The van der Waals surface area contributed by atoms with Crippen molar-refractivity contribution >= 4 is 43.2 Å². The van der Waals surface area contributed by atoms with E-state index in [-0.39, 0.29) is 0 Å². The highest BCUT2D eigenvalue weighted by Gasteiger charge is 2.10. The first-order valence-electron chi connectivity index (χ1n) is 7.91. The average Bonchev–Trinajstić information content (AvgIpc) is 2.61. The zero-order valence-electron chi connectivity index (χ0n) is 12.9. The van der Waals surface area contributed by atoms with Crippen LogP contribution in [-0.2, 0) is 0 Å². The molecule has 0 saturated carbocycles. The van der Waals surface area contributed by atoms with Crippen LogP contribution >= 0.6 is 0 Å². The van der Waals surface area contributed by atoms with Crippen LogP contribution in [0.4, 0.5) is 0 Å². The van der Waals surface area contributed by atoms with Gasteiger partial charge in [-0.3, -0.25) is 4.98 Å². The van der Waals surface area contributed by atoms with Gasteiger partial charge >= 0.3 is 0 Å². The van der Waals surface area contributed by atoms with E-state index in [0.29, 0.717) is 0 Å².